The second-order valence-electron chi connectivity index (χ2n) is 9.30. The lowest BCUT2D eigenvalue weighted by Crippen LogP contribution is -2.34. The Kier molecular flexibility index (Phi) is 6.49. The topological polar surface area (TPSA) is 83.3 Å². The van der Waals surface area contributed by atoms with Gasteiger partial charge >= 0.3 is 0 Å². The van der Waals surface area contributed by atoms with E-state index in [4.69, 9.17) is 14.4 Å². The van der Waals surface area contributed by atoms with Gasteiger partial charge in [-0.25, -0.2) is 4.98 Å². The molecule has 2 N–H and O–H groups in total. The predicted molar refractivity (Wildman–Crippen MR) is 123 cm³/mol. The van der Waals surface area contributed by atoms with Crippen LogP contribution in [0.1, 0.15) is 71.7 Å². The zero-order valence-electron chi connectivity index (χ0n) is 19.3. The molecule has 2 heterocycles. The standard InChI is InChI=1S/C24H35N5O2/c1-15-13-20(16(2)31-15)23(30)25-14-17-9-11-18(12-10-17)26-24-27-21-8-6-5-7-19(21)22(28-24)29(3)4/h13,17-18H,5-12,14H2,1-4H3,(H,25,30)(H,26,27,28). The number of aromatic nitrogens is 2. The van der Waals surface area contributed by atoms with Gasteiger partial charge in [-0.05, 0) is 77.2 Å². The van der Waals surface area contributed by atoms with Crippen molar-refractivity contribution >= 4 is 17.7 Å². The summed E-state index contributed by atoms with van der Waals surface area (Å²) in [5, 5.41) is 6.69. The lowest BCUT2D eigenvalue weighted by atomic mass is 9.86. The Morgan fingerprint density at radius 2 is 1.87 bits per heavy atom. The van der Waals surface area contributed by atoms with Crippen LogP contribution >= 0.6 is 0 Å². The lowest BCUT2D eigenvalue weighted by Gasteiger charge is -2.30. The SMILES string of the molecule is Cc1cc(C(=O)NCC2CCC(Nc3nc4c(c(N(C)C)n3)CCCC4)CC2)c(C)o1. The van der Waals surface area contributed by atoms with E-state index < -0.39 is 0 Å². The summed E-state index contributed by atoms with van der Waals surface area (Å²) in [6, 6.07) is 2.20. The Balaban J connectivity index is 1.30. The molecule has 168 valence electrons. The molecule has 7 heteroatoms. The van der Waals surface area contributed by atoms with E-state index in [1.54, 1.807) is 0 Å². The van der Waals surface area contributed by atoms with Gasteiger partial charge in [0.25, 0.3) is 5.91 Å². The van der Waals surface area contributed by atoms with Gasteiger partial charge in [-0.3, -0.25) is 4.79 Å². The Labute approximate surface area is 185 Å². The molecule has 2 aromatic heterocycles. The third-order valence-corrected chi connectivity index (χ3v) is 6.60. The summed E-state index contributed by atoms with van der Waals surface area (Å²) in [6.45, 7) is 4.42. The molecule has 0 unspecified atom stereocenters. The zero-order valence-corrected chi connectivity index (χ0v) is 19.3. The van der Waals surface area contributed by atoms with Crippen molar-refractivity contribution in [3.05, 3.63) is 34.4 Å². The van der Waals surface area contributed by atoms with Crippen molar-refractivity contribution in [1.82, 2.24) is 15.3 Å². The van der Waals surface area contributed by atoms with Gasteiger partial charge in [0.05, 0.1) is 11.3 Å². The van der Waals surface area contributed by atoms with Gasteiger partial charge in [-0.15, -0.1) is 0 Å². The minimum absolute atomic E-state index is 0.0340. The number of furan rings is 1. The third-order valence-electron chi connectivity index (χ3n) is 6.60. The van der Waals surface area contributed by atoms with Gasteiger partial charge < -0.3 is 20.0 Å². The van der Waals surface area contributed by atoms with Crippen LogP contribution in [0, 0.1) is 19.8 Å². The fraction of sp³-hybridized carbons (Fsp3) is 0.625. The molecule has 2 aliphatic rings. The largest absolute Gasteiger partial charge is 0.466 e. The molecule has 31 heavy (non-hydrogen) atoms. The fourth-order valence-electron chi connectivity index (χ4n) is 4.89. The van der Waals surface area contributed by atoms with Crippen molar-refractivity contribution in [3.8, 4) is 0 Å². The van der Waals surface area contributed by atoms with Crippen LogP contribution in [0.5, 0.6) is 0 Å². The summed E-state index contributed by atoms with van der Waals surface area (Å²) in [5.41, 5.74) is 3.19. The van der Waals surface area contributed by atoms with Crippen LogP contribution in [0.4, 0.5) is 11.8 Å². The number of rotatable bonds is 6. The van der Waals surface area contributed by atoms with Gasteiger partial charge in [0.15, 0.2) is 0 Å². The van der Waals surface area contributed by atoms with E-state index in [0.29, 0.717) is 23.3 Å². The molecule has 1 fully saturated rings. The average Bonchev–Trinajstić information content (AvgIpc) is 3.10. The molecule has 0 bridgehead atoms. The number of anilines is 2. The molecule has 0 radical (unpaired) electrons. The summed E-state index contributed by atoms with van der Waals surface area (Å²) >= 11 is 0. The number of nitrogens with one attached hydrogen (secondary N) is 2. The monoisotopic (exact) mass is 425 g/mol. The Morgan fingerprint density at radius 3 is 2.55 bits per heavy atom. The van der Waals surface area contributed by atoms with Gasteiger partial charge in [0.1, 0.15) is 17.3 Å². The first-order valence-electron chi connectivity index (χ1n) is 11.6. The van der Waals surface area contributed by atoms with Crippen LogP contribution in [0.15, 0.2) is 10.5 Å². The maximum atomic E-state index is 12.4. The number of aryl methyl sites for hydroxylation is 3. The minimum Gasteiger partial charge on any atom is -0.466 e. The van der Waals surface area contributed by atoms with E-state index in [0.717, 1.165) is 62.6 Å². The van der Waals surface area contributed by atoms with Crippen LogP contribution in [-0.4, -0.2) is 42.6 Å². The highest BCUT2D eigenvalue weighted by Crippen LogP contribution is 2.30. The Bertz CT molecular complexity index is 928. The van der Waals surface area contributed by atoms with Crippen LogP contribution in [0.25, 0.3) is 0 Å². The van der Waals surface area contributed by atoms with E-state index >= 15 is 0 Å². The summed E-state index contributed by atoms with van der Waals surface area (Å²) in [5.74, 6) is 3.77. The van der Waals surface area contributed by atoms with Crippen molar-refractivity contribution < 1.29 is 9.21 Å². The predicted octanol–water partition coefficient (Wildman–Crippen LogP) is 4.03. The molecule has 0 atom stereocenters. The molecule has 1 amide bonds. The summed E-state index contributed by atoms with van der Waals surface area (Å²) in [4.78, 5) is 24.2. The van der Waals surface area contributed by atoms with Crippen molar-refractivity contribution in [2.24, 2.45) is 5.92 Å². The highest BCUT2D eigenvalue weighted by Gasteiger charge is 2.25. The normalized spacial score (nSPS) is 20.8. The molecule has 0 aromatic carbocycles. The molecule has 4 rings (SSSR count). The fourth-order valence-corrected chi connectivity index (χ4v) is 4.89. The molecular formula is C24H35N5O2. The second-order valence-corrected chi connectivity index (χ2v) is 9.30. The first kappa shape index (κ1) is 21.7. The van der Waals surface area contributed by atoms with E-state index in [-0.39, 0.29) is 5.91 Å². The quantitative estimate of drug-likeness (QED) is 0.727. The number of carbonyl (C=O) groups is 1. The number of hydrogen-bond acceptors (Lipinski definition) is 6. The van der Waals surface area contributed by atoms with Crippen molar-refractivity contribution in [2.75, 3.05) is 30.9 Å². The highest BCUT2D eigenvalue weighted by molar-refractivity contribution is 5.95. The van der Waals surface area contributed by atoms with E-state index in [1.807, 2.05) is 19.9 Å². The second kappa shape index (κ2) is 9.28. The average molecular weight is 426 g/mol. The summed E-state index contributed by atoms with van der Waals surface area (Å²) in [7, 11) is 4.12. The van der Waals surface area contributed by atoms with Gasteiger partial charge in [-0.2, -0.15) is 4.98 Å². The van der Waals surface area contributed by atoms with Crippen molar-refractivity contribution in [2.45, 2.75) is 71.3 Å². The van der Waals surface area contributed by atoms with Crippen LogP contribution in [0.3, 0.4) is 0 Å². The first-order chi connectivity index (χ1) is 14.9. The molecule has 1 saturated carbocycles. The van der Waals surface area contributed by atoms with E-state index in [9.17, 15) is 4.79 Å². The van der Waals surface area contributed by atoms with Crippen LogP contribution < -0.4 is 15.5 Å². The van der Waals surface area contributed by atoms with Gasteiger partial charge in [-0.1, -0.05) is 0 Å². The maximum absolute atomic E-state index is 12.4. The Hall–Kier alpha value is -2.57. The third kappa shape index (κ3) is 5.02. The molecule has 7 nitrogen and oxygen atoms in total. The van der Waals surface area contributed by atoms with Crippen LogP contribution in [0.2, 0.25) is 0 Å². The number of nitrogens with zero attached hydrogens (tertiary/aromatic N) is 3. The number of fused-ring (bicyclic) bond motifs is 1. The highest BCUT2D eigenvalue weighted by atomic mass is 16.3. The molecule has 0 aliphatic heterocycles. The smallest absolute Gasteiger partial charge is 0.254 e. The van der Waals surface area contributed by atoms with Crippen LogP contribution in [-0.2, 0) is 12.8 Å². The molecular weight excluding hydrogens is 390 g/mol. The molecule has 0 spiro atoms. The molecule has 2 aromatic rings. The van der Waals surface area contributed by atoms with E-state index in [2.05, 4.69) is 29.6 Å². The summed E-state index contributed by atoms with van der Waals surface area (Å²) in [6.07, 6.45) is 8.90. The van der Waals surface area contributed by atoms with Crippen molar-refractivity contribution in [3.63, 3.8) is 0 Å². The molecule has 2 aliphatic carbocycles. The van der Waals surface area contributed by atoms with Crippen molar-refractivity contribution in [1.29, 1.82) is 0 Å². The van der Waals surface area contributed by atoms with E-state index in [1.165, 1.54) is 24.1 Å². The number of amides is 1. The Morgan fingerprint density at radius 1 is 1.13 bits per heavy atom. The zero-order chi connectivity index (χ0) is 22.0. The summed E-state index contributed by atoms with van der Waals surface area (Å²) < 4.78 is 5.47. The number of carbonyl (C=O) groups excluding carboxylic acids is 1. The first-order valence-corrected chi connectivity index (χ1v) is 11.6. The molecule has 0 saturated heterocycles. The van der Waals surface area contributed by atoms with Gasteiger partial charge in [0.2, 0.25) is 5.95 Å². The van der Waals surface area contributed by atoms with Gasteiger partial charge in [0, 0.05) is 32.2 Å². The maximum Gasteiger partial charge on any atom is 0.254 e. The minimum atomic E-state index is -0.0340. The lowest BCUT2D eigenvalue weighted by molar-refractivity contribution is 0.0941. The number of hydrogen-bond donors (Lipinski definition) is 2.